The second-order valence-corrected chi connectivity index (χ2v) is 5.58. The van der Waals surface area contributed by atoms with Crippen molar-refractivity contribution in [3.63, 3.8) is 0 Å². The molecule has 0 aliphatic heterocycles. The lowest BCUT2D eigenvalue weighted by Crippen LogP contribution is -1.94. The van der Waals surface area contributed by atoms with Gasteiger partial charge in [-0.2, -0.15) is 0 Å². The fourth-order valence-corrected chi connectivity index (χ4v) is 2.99. The van der Waals surface area contributed by atoms with Crippen LogP contribution in [0.3, 0.4) is 0 Å². The number of aromatic nitrogens is 1. The summed E-state index contributed by atoms with van der Waals surface area (Å²) in [7, 11) is 0. The van der Waals surface area contributed by atoms with Crippen molar-refractivity contribution in [3.8, 4) is 0 Å². The van der Waals surface area contributed by atoms with Crippen LogP contribution in [0.4, 0.5) is 11.5 Å². The Kier molecular flexibility index (Phi) is 3.67. The molecule has 0 unspecified atom stereocenters. The number of halogens is 1. The molecule has 96 valence electrons. The highest BCUT2D eigenvalue weighted by Gasteiger charge is 2.03. The van der Waals surface area contributed by atoms with Gasteiger partial charge in [0.2, 0.25) is 0 Å². The van der Waals surface area contributed by atoms with Crippen LogP contribution >= 0.6 is 22.9 Å². The average Bonchev–Trinajstić information content (AvgIpc) is 2.91. The summed E-state index contributed by atoms with van der Waals surface area (Å²) in [6, 6.07) is 12.5. The van der Waals surface area contributed by atoms with E-state index in [0.29, 0.717) is 5.88 Å². The van der Waals surface area contributed by atoms with Crippen LogP contribution in [0.1, 0.15) is 5.56 Å². The molecule has 2 nitrogen and oxygen atoms in total. The molecule has 3 aromatic rings. The van der Waals surface area contributed by atoms with Gasteiger partial charge in [0.15, 0.2) is 0 Å². The third kappa shape index (κ3) is 2.72. The zero-order valence-corrected chi connectivity index (χ0v) is 11.8. The fourth-order valence-electron chi connectivity index (χ4n) is 1.99. The predicted octanol–water partition coefficient (Wildman–Crippen LogP) is 4.82. The van der Waals surface area contributed by atoms with Crippen molar-refractivity contribution in [2.45, 2.75) is 6.42 Å². The largest absolute Gasteiger partial charge is 0.340 e. The number of aryl methyl sites for hydroxylation is 1. The normalized spacial score (nSPS) is 10.8. The zero-order chi connectivity index (χ0) is 13.1. The van der Waals surface area contributed by atoms with Crippen molar-refractivity contribution < 1.29 is 0 Å². The SMILES string of the molecule is ClCCc1ccc(Nc2nccc3sccc23)cc1. The first-order valence-electron chi connectivity index (χ1n) is 6.11. The van der Waals surface area contributed by atoms with E-state index in [0.717, 1.165) is 23.3 Å². The number of benzene rings is 1. The molecule has 19 heavy (non-hydrogen) atoms. The Morgan fingerprint density at radius 1 is 1.11 bits per heavy atom. The van der Waals surface area contributed by atoms with Crippen LogP contribution in [0.25, 0.3) is 10.1 Å². The molecule has 0 spiro atoms. The smallest absolute Gasteiger partial charge is 0.139 e. The molecule has 0 atom stereocenters. The van der Waals surface area contributed by atoms with Crippen molar-refractivity contribution in [3.05, 3.63) is 53.5 Å². The Morgan fingerprint density at radius 2 is 1.95 bits per heavy atom. The van der Waals surface area contributed by atoms with Crippen LogP contribution in [-0.2, 0) is 6.42 Å². The van der Waals surface area contributed by atoms with Crippen LogP contribution in [0, 0.1) is 0 Å². The maximum atomic E-state index is 5.73. The lowest BCUT2D eigenvalue weighted by Gasteiger charge is -2.07. The minimum Gasteiger partial charge on any atom is -0.340 e. The molecule has 0 amide bonds. The highest BCUT2D eigenvalue weighted by molar-refractivity contribution is 7.17. The molecule has 2 aromatic heterocycles. The number of hydrogen-bond acceptors (Lipinski definition) is 3. The minimum absolute atomic E-state index is 0.655. The van der Waals surface area contributed by atoms with E-state index in [4.69, 9.17) is 11.6 Å². The van der Waals surface area contributed by atoms with Crippen LogP contribution < -0.4 is 5.32 Å². The summed E-state index contributed by atoms with van der Waals surface area (Å²) < 4.78 is 1.25. The highest BCUT2D eigenvalue weighted by atomic mass is 35.5. The Balaban J connectivity index is 1.86. The second-order valence-electron chi connectivity index (χ2n) is 4.25. The van der Waals surface area contributed by atoms with Gasteiger partial charge in [-0.05, 0) is 41.6 Å². The molecule has 0 bridgehead atoms. The summed E-state index contributed by atoms with van der Waals surface area (Å²) in [5, 5.41) is 6.61. The van der Waals surface area contributed by atoms with Crippen molar-refractivity contribution >= 4 is 44.5 Å². The molecule has 0 fully saturated rings. The first kappa shape index (κ1) is 12.5. The maximum Gasteiger partial charge on any atom is 0.139 e. The number of nitrogens with zero attached hydrogens (tertiary/aromatic N) is 1. The molecule has 0 aliphatic rings. The number of nitrogens with one attached hydrogen (secondary N) is 1. The standard InChI is InChI=1S/C15H13ClN2S/c16-8-5-11-1-3-12(4-2-11)18-15-13-7-10-19-14(13)6-9-17-15/h1-4,6-7,9-10H,5,8H2,(H,17,18). The Morgan fingerprint density at radius 3 is 2.74 bits per heavy atom. The van der Waals surface area contributed by atoms with E-state index in [1.807, 2.05) is 12.3 Å². The molecule has 0 radical (unpaired) electrons. The number of pyridine rings is 1. The van der Waals surface area contributed by atoms with Crippen molar-refractivity contribution in [2.75, 3.05) is 11.2 Å². The average molecular weight is 289 g/mol. The van der Waals surface area contributed by atoms with Gasteiger partial charge >= 0.3 is 0 Å². The quantitative estimate of drug-likeness (QED) is 0.696. The fraction of sp³-hybridized carbons (Fsp3) is 0.133. The molecule has 1 N–H and O–H groups in total. The number of rotatable bonds is 4. The van der Waals surface area contributed by atoms with Gasteiger partial charge < -0.3 is 5.32 Å². The Hall–Kier alpha value is -1.58. The van der Waals surface area contributed by atoms with Crippen molar-refractivity contribution in [1.82, 2.24) is 4.98 Å². The van der Waals surface area contributed by atoms with Crippen molar-refractivity contribution in [2.24, 2.45) is 0 Å². The summed E-state index contributed by atoms with van der Waals surface area (Å²) >= 11 is 7.46. The third-order valence-electron chi connectivity index (χ3n) is 2.98. The first-order chi connectivity index (χ1) is 9.36. The van der Waals surface area contributed by atoms with Gasteiger partial charge in [-0.1, -0.05) is 12.1 Å². The Bertz CT molecular complexity index is 676. The zero-order valence-electron chi connectivity index (χ0n) is 10.3. The molecular formula is C15H13ClN2S. The van der Waals surface area contributed by atoms with E-state index in [1.54, 1.807) is 11.3 Å². The van der Waals surface area contributed by atoms with E-state index in [9.17, 15) is 0 Å². The molecule has 0 aliphatic carbocycles. The summed E-state index contributed by atoms with van der Waals surface area (Å²) in [4.78, 5) is 4.41. The molecule has 3 rings (SSSR count). The molecular weight excluding hydrogens is 276 g/mol. The van der Waals surface area contributed by atoms with Gasteiger partial charge in [-0.3, -0.25) is 0 Å². The second kappa shape index (κ2) is 5.59. The molecule has 2 heterocycles. The van der Waals surface area contributed by atoms with Gasteiger partial charge in [0.25, 0.3) is 0 Å². The summed E-state index contributed by atoms with van der Waals surface area (Å²) in [6.07, 6.45) is 2.74. The van der Waals surface area contributed by atoms with E-state index < -0.39 is 0 Å². The summed E-state index contributed by atoms with van der Waals surface area (Å²) in [5.74, 6) is 1.56. The molecule has 1 aromatic carbocycles. The lowest BCUT2D eigenvalue weighted by atomic mass is 10.1. The number of hydrogen-bond donors (Lipinski definition) is 1. The predicted molar refractivity (Wildman–Crippen MR) is 83.8 cm³/mol. The van der Waals surface area contributed by atoms with Crippen LogP contribution in [0.5, 0.6) is 0 Å². The van der Waals surface area contributed by atoms with E-state index in [2.05, 4.69) is 46.0 Å². The molecule has 0 saturated carbocycles. The van der Waals surface area contributed by atoms with Crippen LogP contribution in [0.2, 0.25) is 0 Å². The Labute approximate surface area is 121 Å². The summed E-state index contributed by atoms with van der Waals surface area (Å²) in [5.41, 5.74) is 2.30. The third-order valence-corrected chi connectivity index (χ3v) is 4.05. The molecule has 4 heteroatoms. The topological polar surface area (TPSA) is 24.9 Å². The number of fused-ring (bicyclic) bond motifs is 1. The van der Waals surface area contributed by atoms with Crippen molar-refractivity contribution in [1.29, 1.82) is 0 Å². The van der Waals surface area contributed by atoms with Crippen LogP contribution in [0.15, 0.2) is 48.0 Å². The van der Waals surface area contributed by atoms with E-state index in [1.165, 1.54) is 10.3 Å². The van der Waals surface area contributed by atoms with E-state index in [-0.39, 0.29) is 0 Å². The lowest BCUT2D eigenvalue weighted by molar-refractivity contribution is 1.15. The van der Waals surface area contributed by atoms with Gasteiger partial charge in [-0.15, -0.1) is 22.9 Å². The van der Waals surface area contributed by atoms with Gasteiger partial charge in [0.1, 0.15) is 5.82 Å². The van der Waals surface area contributed by atoms with Gasteiger partial charge in [0.05, 0.1) is 0 Å². The molecule has 0 saturated heterocycles. The first-order valence-corrected chi connectivity index (χ1v) is 7.52. The number of thiophene rings is 1. The number of anilines is 2. The summed E-state index contributed by atoms with van der Waals surface area (Å²) in [6.45, 7) is 0. The van der Waals surface area contributed by atoms with Gasteiger partial charge in [0, 0.05) is 27.9 Å². The van der Waals surface area contributed by atoms with E-state index >= 15 is 0 Å². The minimum atomic E-state index is 0.655. The maximum absolute atomic E-state index is 5.73. The van der Waals surface area contributed by atoms with Crippen LogP contribution in [-0.4, -0.2) is 10.9 Å². The number of alkyl halides is 1. The van der Waals surface area contributed by atoms with Gasteiger partial charge in [-0.25, -0.2) is 4.98 Å². The monoisotopic (exact) mass is 288 g/mol. The highest BCUT2D eigenvalue weighted by Crippen LogP contribution is 2.28.